The monoisotopic (exact) mass is 662 g/mol. The Morgan fingerprint density at radius 3 is 1.96 bits per heavy atom. The highest BCUT2D eigenvalue weighted by Crippen LogP contribution is 2.43. The summed E-state index contributed by atoms with van der Waals surface area (Å²) in [5, 5.41) is 0. The van der Waals surface area contributed by atoms with Crippen LogP contribution < -0.4 is 4.74 Å². The van der Waals surface area contributed by atoms with Crippen LogP contribution in [0.3, 0.4) is 0 Å². The van der Waals surface area contributed by atoms with Crippen molar-refractivity contribution in [3.63, 3.8) is 0 Å². The lowest BCUT2D eigenvalue weighted by Crippen LogP contribution is -2.37. The molecule has 0 heterocycles. The molecule has 47 heavy (non-hydrogen) atoms. The van der Waals surface area contributed by atoms with Gasteiger partial charge < -0.3 is 4.74 Å². The fourth-order valence-electron chi connectivity index (χ4n) is 8.46. The first-order valence-electron chi connectivity index (χ1n) is 18.3. The van der Waals surface area contributed by atoms with Gasteiger partial charge in [-0.2, -0.15) is 8.78 Å². The number of hydrogen-bond acceptors (Lipinski definition) is 1. The second kappa shape index (κ2) is 16.8. The third-order valence-electron chi connectivity index (χ3n) is 11.5. The van der Waals surface area contributed by atoms with Gasteiger partial charge in [-0.15, -0.1) is 0 Å². The molecule has 2 aromatic rings. The van der Waals surface area contributed by atoms with Crippen LogP contribution in [0.1, 0.15) is 145 Å². The zero-order valence-electron chi connectivity index (χ0n) is 27.9. The van der Waals surface area contributed by atoms with Gasteiger partial charge >= 0.3 is 6.11 Å². The van der Waals surface area contributed by atoms with E-state index in [0.29, 0.717) is 42.7 Å². The number of halogens is 6. The Bertz CT molecular complexity index is 1280. The van der Waals surface area contributed by atoms with E-state index < -0.39 is 35.2 Å². The molecular weight excluding hydrogens is 610 g/mol. The average Bonchev–Trinajstić information content (AvgIpc) is 3.06. The van der Waals surface area contributed by atoms with E-state index in [1.165, 1.54) is 56.9 Å². The van der Waals surface area contributed by atoms with E-state index in [0.717, 1.165) is 50.0 Å². The molecule has 5 rings (SSSR count). The predicted octanol–water partition coefficient (Wildman–Crippen LogP) is 13.2. The molecule has 0 aromatic heterocycles. The summed E-state index contributed by atoms with van der Waals surface area (Å²) in [6, 6.07) is 7.00. The minimum absolute atomic E-state index is 0.0242. The number of alkyl halides is 2. The van der Waals surface area contributed by atoms with Crippen molar-refractivity contribution >= 4 is 0 Å². The second-order valence-electron chi connectivity index (χ2n) is 14.7. The highest BCUT2D eigenvalue weighted by Gasteiger charge is 2.44. The molecule has 1 nitrogen and oxygen atoms in total. The first-order chi connectivity index (χ1) is 22.6. The molecule has 0 amide bonds. The number of benzene rings is 2. The maximum absolute atomic E-state index is 15.3. The summed E-state index contributed by atoms with van der Waals surface area (Å²) in [5.74, 6) is -4.14. The molecule has 0 N–H and O–H groups in total. The van der Waals surface area contributed by atoms with Crippen LogP contribution in [0, 0.1) is 46.9 Å². The van der Waals surface area contributed by atoms with E-state index in [1.807, 2.05) is 6.07 Å². The SMILES string of the molecule is CCCCCC1CCC(c2ccc(C3CCC(C=CCCC4CCC(C(F)(F)Oc5cc(F)c(F)c(F)c5)CC4)CC3)c(F)c2)CC1. The largest absolute Gasteiger partial charge is 0.432 e. The van der Waals surface area contributed by atoms with Crippen LogP contribution in [0.2, 0.25) is 0 Å². The summed E-state index contributed by atoms with van der Waals surface area (Å²) >= 11 is 0. The van der Waals surface area contributed by atoms with Gasteiger partial charge in [-0.25, -0.2) is 17.6 Å². The summed E-state index contributed by atoms with van der Waals surface area (Å²) in [6.45, 7) is 2.25. The highest BCUT2D eigenvalue weighted by molar-refractivity contribution is 5.30. The summed E-state index contributed by atoms with van der Waals surface area (Å²) < 4.78 is 89.4. The molecule has 0 spiro atoms. The van der Waals surface area contributed by atoms with Crippen molar-refractivity contribution in [3.05, 3.63) is 76.9 Å². The molecule has 0 bridgehead atoms. The molecule has 3 aliphatic rings. The first-order valence-corrected chi connectivity index (χ1v) is 18.3. The maximum Gasteiger partial charge on any atom is 0.400 e. The smallest absolute Gasteiger partial charge is 0.400 e. The molecule has 3 saturated carbocycles. The summed E-state index contributed by atoms with van der Waals surface area (Å²) in [7, 11) is 0. The van der Waals surface area contributed by atoms with Gasteiger partial charge in [-0.1, -0.05) is 56.9 Å². The molecule has 7 heteroatoms. The van der Waals surface area contributed by atoms with E-state index in [-0.39, 0.29) is 24.6 Å². The zero-order chi connectivity index (χ0) is 33.4. The van der Waals surface area contributed by atoms with Crippen molar-refractivity contribution in [2.24, 2.45) is 23.7 Å². The van der Waals surface area contributed by atoms with Crippen LogP contribution in [0.25, 0.3) is 0 Å². The Labute approximate surface area is 277 Å². The fourth-order valence-corrected chi connectivity index (χ4v) is 8.46. The topological polar surface area (TPSA) is 9.23 Å². The van der Waals surface area contributed by atoms with Gasteiger partial charge in [0, 0.05) is 12.1 Å². The van der Waals surface area contributed by atoms with Crippen LogP contribution in [0.15, 0.2) is 42.5 Å². The third-order valence-corrected chi connectivity index (χ3v) is 11.5. The van der Waals surface area contributed by atoms with Crippen LogP contribution in [0.4, 0.5) is 26.3 Å². The molecule has 0 radical (unpaired) electrons. The van der Waals surface area contributed by atoms with E-state index in [9.17, 15) is 22.0 Å². The number of allylic oxidation sites excluding steroid dienone is 2. The predicted molar refractivity (Wildman–Crippen MR) is 176 cm³/mol. The van der Waals surface area contributed by atoms with Gasteiger partial charge in [0.05, 0.1) is 5.92 Å². The Hall–Kier alpha value is -2.44. The Kier molecular flexibility index (Phi) is 12.8. The lowest BCUT2D eigenvalue weighted by Gasteiger charge is -2.33. The number of rotatable bonds is 13. The standard InChI is InChI=1S/C40H52F6O/c1-2-3-4-7-27-10-16-30(17-11-27)32-20-23-35(36(41)24-32)31-18-12-28(13-19-31)8-5-6-9-29-14-21-33(22-15-29)40(45,46)47-34-25-37(42)39(44)38(43)26-34/h5,8,20,23-31,33H,2-4,6-7,9-19,21-22H2,1H3. The van der Waals surface area contributed by atoms with Crippen molar-refractivity contribution < 1.29 is 31.1 Å². The van der Waals surface area contributed by atoms with Crippen molar-refractivity contribution in [2.75, 3.05) is 0 Å². The molecule has 3 aliphatic carbocycles. The lowest BCUT2D eigenvalue weighted by molar-refractivity contribution is -0.223. The van der Waals surface area contributed by atoms with Gasteiger partial charge in [-0.3, -0.25) is 0 Å². The highest BCUT2D eigenvalue weighted by atomic mass is 19.3. The summed E-state index contributed by atoms with van der Waals surface area (Å²) in [6.07, 6.45) is 18.9. The third kappa shape index (κ3) is 9.81. The molecule has 0 aliphatic heterocycles. The van der Waals surface area contributed by atoms with Crippen LogP contribution >= 0.6 is 0 Å². The fraction of sp³-hybridized carbons (Fsp3) is 0.650. The first kappa shape index (κ1) is 35.9. The van der Waals surface area contributed by atoms with Crippen molar-refractivity contribution in [3.8, 4) is 5.75 Å². The Morgan fingerprint density at radius 1 is 0.702 bits per heavy atom. The van der Waals surface area contributed by atoms with Gasteiger partial charge in [0.1, 0.15) is 11.6 Å². The van der Waals surface area contributed by atoms with Crippen LogP contribution in [-0.2, 0) is 0 Å². The molecule has 0 saturated heterocycles. The summed E-state index contributed by atoms with van der Waals surface area (Å²) in [5.41, 5.74) is 2.07. The number of ether oxygens (including phenoxy) is 1. The van der Waals surface area contributed by atoms with Crippen molar-refractivity contribution in [1.82, 2.24) is 0 Å². The van der Waals surface area contributed by atoms with Gasteiger partial charge in [-0.05, 0) is 137 Å². The average molecular weight is 663 g/mol. The minimum atomic E-state index is -3.59. The Morgan fingerprint density at radius 2 is 1.32 bits per heavy atom. The zero-order valence-corrected chi connectivity index (χ0v) is 27.9. The van der Waals surface area contributed by atoms with Gasteiger partial charge in [0.2, 0.25) is 0 Å². The molecule has 3 fully saturated rings. The summed E-state index contributed by atoms with van der Waals surface area (Å²) in [4.78, 5) is 0. The minimum Gasteiger partial charge on any atom is -0.432 e. The molecule has 0 unspecified atom stereocenters. The molecular formula is C40H52F6O. The van der Waals surface area contributed by atoms with Crippen molar-refractivity contribution in [1.29, 1.82) is 0 Å². The van der Waals surface area contributed by atoms with Crippen LogP contribution in [0.5, 0.6) is 5.75 Å². The maximum atomic E-state index is 15.3. The lowest BCUT2D eigenvalue weighted by atomic mass is 9.75. The normalized spacial score (nSPS) is 27.3. The number of hydrogen-bond donors (Lipinski definition) is 0. The quantitative estimate of drug-likeness (QED) is 0.0898. The Balaban J connectivity index is 0.990. The van der Waals surface area contributed by atoms with Gasteiger partial charge in [0.15, 0.2) is 17.5 Å². The van der Waals surface area contributed by atoms with E-state index in [2.05, 4.69) is 35.9 Å². The molecule has 2 aromatic carbocycles. The van der Waals surface area contributed by atoms with Crippen LogP contribution in [-0.4, -0.2) is 6.11 Å². The van der Waals surface area contributed by atoms with E-state index in [1.54, 1.807) is 0 Å². The number of unbranched alkanes of at least 4 members (excludes halogenated alkanes) is 2. The molecule has 260 valence electrons. The van der Waals surface area contributed by atoms with Gasteiger partial charge in [0.25, 0.3) is 0 Å². The molecule has 0 atom stereocenters. The van der Waals surface area contributed by atoms with E-state index >= 15 is 4.39 Å². The van der Waals surface area contributed by atoms with E-state index in [4.69, 9.17) is 0 Å². The second-order valence-corrected chi connectivity index (χ2v) is 14.7. The van der Waals surface area contributed by atoms with Crippen molar-refractivity contribution in [2.45, 2.75) is 140 Å².